The maximum atomic E-state index is 9.62. The molecular weight excluding hydrogens is 180 g/mol. The first-order valence-corrected chi connectivity index (χ1v) is 5.16. The quantitative estimate of drug-likeness (QED) is 0.583. The van der Waals surface area contributed by atoms with Gasteiger partial charge in [-0.05, 0) is 20.8 Å². The second kappa shape index (κ2) is 3.19. The zero-order valence-corrected chi connectivity index (χ0v) is 9.79. The molecule has 0 aromatic heterocycles. The fraction of sp³-hybridized carbons (Fsp3) is 1.00. The molecule has 0 aromatic carbocycles. The van der Waals surface area contributed by atoms with Gasteiger partial charge in [0.25, 0.3) is 0 Å². The molecule has 0 aromatic rings. The molecule has 84 valence electrons. The van der Waals surface area contributed by atoms with E-state index in [9.17, 15) is 10.2 Å². The van der Waals surface area contributed by atoms with Gasteiger partial charge in [-0.25, -0.2) is 0 Å². The van der Waals surface area contributed by atoms with Crippen LogP contribution in [0.3, 0.4) is 0 Å². The first-order valence-electron chi connectivity index (χ1n) is 5.16. The van der Waals surface area contributed by atoms with Crippen LogP contribution in [0.1, 0.15) is 41.0 Å². The van der Waals surface area contributed by atoms with Gasteiger partial charge in [0.1, 0.15) is 0 Å². The molecular formula is C11H22O3. The molecule has 1 aliphatic heterocycles. The highest BCUT2D eigenvalue weighted by Crippen LogP contribution is 2.56. The molecule has 2 N–H and O–H groups in total. The van der Waals surface area contributed by atoms with Crippen molar-refractivity contribution in [1.29, 1.82) is 0 Å². The van der Waals surface area contributed by atoms with E-state index < -0.39 is 11.2 Å². The van der Waals surface area contributed by atoms with Gasteiger partial charge in [-0.15, -0.1) is 0 Å². The maximum absolute atomic E-state index is 9.62. The number of hydrogen-bond acceptors (Lipinski definition) is 3. The lowest BCUT2D eigenvalue weighted by atomic mass is 9.50. The minimum Gasteiger partial charge on any atom is -0.389 e. The van der Waals surface area contributed by atoms with Crippen molar-refractivity contribution in [3.05, 3.63) is 0 Å². The van der Waals surface area contributed by atoms with Crippen molar-refractivity contribution in [2.24, 2.45) is 5.41 Å². The van der Waals surface area contributed by atoms with E-state index in [2.05, 4.69) is 6.92 Å². The van der Waals surface area contributed by atoms with Crippen LogP contribution in [0.25, 0.3) is 0 Å². The topological polar surface area (TPSA) is 53.0 Å². The summed E-state index contributed by atoms with van der Waals surface area (Å²) in [5.41, 5.74) is -1.77. The summed E-state index contributed by atoms with van der Waals surface area (Å²) < 4.78 is 4.71. The third kappa shape index (κ3) is 1.95. The summed E-state index contributed by atoms with van der Waals surface area (Å²) in [6.45, 7) is 10.4. The first kappa shape index (κ1) is 12.0. The van der Waals surface area contributed by atoms with E-state index >= 15 is 0 Å². The Balaban J connectivity index is 0.000000203. The predicted octanol–water partition coefficient (Wildman–Crippen LogP) is 1.32. The molecule has 2 fully saturated rings. The zero-order chi connectivity index (χ0) is 11.2. The Bertz CT molecular complexity index is 199. The van der Waals surface area contributed by atoms with Gasteiger partial charge < -0.3 is 14.9 Å². The standard InChI is InChI=1S/C8H16O2.C3H6O/c1-6(2)7(3,9)5-8(6,4)10;1-3-2-4-3/h9-10H,5H2,1-4H3;3H,2H2,1H3. The second-order valence-corrected chi connectivity index (χ2v) is 5.49. The third-order valence-electron chi connectivity index (χ3n) is 3.88. The fourth-order valence-electron chi connectivity index (χ4n) is 1.68. The van der Waals surface area contributed by atoms with E-state index in [0.29, 0.717) is 12.5 Å². The molecule has 3 atom stereocenters. The molecule has 2 aliphatic rings. The molecule has 1 heterocycles. The van der Waals surface area contributed by atoms with Crippen LogP contribution in [0, 0.1) is 5.41 Å². The Morgan fingerprint density at radius 2 is 1.36 bits per heavy atom. The fourth-order valence-corrected chi connectivity index (χ4v) is 1.68. The molecule has 1 saturated heterocycles. The molecule has 1 aliphatic carbocycles. The summed E-state index contributed by atoms with van der Waals surface area (Å²) in [4.78, 5) is 0. The van der Waals surface area contributed by atoms with Crippen molar-refractivity contribution < 1.29 is 14.9 Å². The normalized spacial score (nSPS) is 48.6. The van der Waals surface area contributed by atoms with Crippen molar-refractivity contribution in [2.45, 2.75) is 58.3 Å². The summed E-state index contributed by atoms with van der Waals surface area (Å²) in [6, 6.07) is 0. The second-order valence-electron chi connectivity index (χ2n) is 5.49. The van der Waals surface area contributed by atoms with E-state index in [4.69, 9.17) is 4.74 Å². The lowest BCUT2D eigenvalue weighted by Crippen LogP contribution is -2.69. The number of rotatable bonds is 0. The van der Waals surface area contributed by atoms with Gasteiger partial charge in [0.05, 0.1) is 23.9 Å². The highest BCUT2D eigenvalue weighted by molar-refractivity contribution is 5.14. The van der Waals surface area contributed by atoms with Gasteiger partial charge in [-0.1, -0.05) is 13.8 Å². The van der Waals surface area contributed by atoms with Crippen molar-refractivity contribution >= 4 is 0 Å². The minimum absolute atomic E-state index is 0.375. The first-order chi connectivity index (χ1) is 6.10. The Hall–Kier alpha value is -0.120. The third-order valence-corrected chi connectivity index (χ3v) is 3.88. The average molecular weight is 202 g/mol. The monoisotopic (exact) mass is 202 g/mol. The summed E-state index contributed by atoms with van der Waals surface area (Å²) >= 11 is 0. The zero-order valence-electron chi connectivity index (χ0n) is 9.79. The number of aliphatic hydroxyl groups is 2. The predicted molar refractivity (Wildman–Crippen MR) is 55.1 cm³/mol. The Morgan fingerprint density at radius 3 is 1.36 bits per heavy atom. The molecule has 3 nitrogen and oxygen atoms in total. The van der Waals surface area contributed by atoms with E-state index in [0.717, 1.165) is 6.61 Å². The van der Waals surface area contributed by atoms with Crippen LogP contribution < -0.4 is 0 Å². The van der Waals surface area contributed by atoms with E-state index in [-0.39, 0.29) is 5.41 Å². The molecule has 0 amide bonds. The van der Waals surface area contributed by atoms with Crippen LogP contribution in [0.5, 0.6) is 0 Å². The molecule has 3 unspecified atom stereocenters. The Kier molecular flexibility index (Phi) is 2.72. The summed E-state index contributed by atoms with van der Waals surface area (Å²) in [6.07, 6.45) is 1.06. The van der Waals surface area contributed by atoms with Crippen LogP contribution in [-0.2, 0) is 4.74 Å². The van der Waals surface area contributed by atoms with Gasteiger partial charge in [-0.2, -0.15) is 0 Å². The van der Waals surface area contributed by atoms with Gasteiger partial charge in [0.15, 0.2) is 0 Å². The smallest absolute Gasteiger partial charge is 0.0781 e. The lowest BCUT2D eigenvalue weighted by molar-refractivity contribution is -0.270. The van der Waals surface area contributed by atoms with Gasteiger partial charge in [0, 0.05) is 11.8 Å². The van der Waals surface area contributed by atoms with Crippen LogP contribution in [0.2, 0.25) is 0 Å². The minimum atomic E-state index is -0.698. The lowest BCUT2D eigenvalue weighted by Gasteiger charge is -2.61. The molecule has 14 heavy (non-hydrogen) atoms. The SMILES string of the molecule is CC1(O)CC(C)(O)C1(C)C.CC1CO1. The highest BCUT2D eigenvalue weighted by Gasteiger charge is 2.63. The number of hydrogen-bond donors (Lipinski definition) is 2. The van der Waals surface area contributed by atoms with Crippen molar-refractivity contribution in [3.8, 4) is 0 Å². The molecule has 1 saturated carbocycles. The van der Waals surface area contributed by atoms with E-state index in [1.54, 1.807) is 13.8 Å². The van der Waals surface area contributed by atoms with E-state index in [1.165, 1.54) is 0 Å². The molecule has 0 bridgehead atoms. The van der Waals surface area contributed by atoms with Gasteiger partial charge in [0.2, 0.25) is 0 Å². The maximum Gasteiger partial charge on any atom is 0.0781 e. The van der Waals surface area contributed by atoms with E-state index in [1.807, 2.05) is 13.8 Å². The molecule has 0 spiro atoms. The van der Waals surface area contributed by atoms with Crippen LogP contribution >= 0.6 is 0 Å². The number of epoxide rings is 1. The van der Waals surface area contributed by atoms with Crippen molar-refractivity contribution in [1.82, 2.24) is 0 Å². The van der Waals surface area contributed by atoms with Crippen molar-refractivity contribution in [2.75, 3.05) is 6.61 Å². The molecule has 0 radical (unpaired) electrons. The van der Waals surface area contributed by atoms with Crippen LogP contribution in [0.15, 0.2) is 0 Å². The summed E-state index contributed by atoms with van der Waals surface area (Å²) in [5.74, 6) is 0. The molecule has 3 heteroatoms. The van der Waals surface area contributed by atoms with Gasteiger partial charge >= 0.3 is 0 Å². The van der Waals surface area contributed by atoms with Crippen LogP contribution in [0.4, 0.5) is 0 Å². The van der Waals surface area contributed by atoms with Crippen molar-refractivity contribution in [3.63, 3.8) is 0 Å². The summed E-state index contributed by atoms with van der Waals surface area (Å²) in [7, 11) is 0. The summed E-state index contributed by atoms with van der Waals surface area (Å²) in [5, 5.41) is 19.2. The molecule has 2 rings (SSSR count). The highest BCUT2D eigenvalue weighted by atomic mass is 16.6. The largest absolute Gasteiger partial charge is 0.389 e. The van der Waals surface area contributed by atoms with Crippen LogP contribution in [-0.4, -0.2) is 34.1 Å². The number of ether oxygens (including phenoxy) is 1. The Morgan fingerprint density at radius 1 is 1.07 bits per heavy atom. The Labute approximate surface area is 86.1 Å². The van der Waals surface area contributed by atoms with Gasteiger partial charge in [-0.3, -0.25) is 0 Å². The average Bonchev–Trinajstić information content (AvgIpc) is 2.69.